The molecule has 0 radical (unpaired) electrons. The maximum Gasteiger partial charge on any atom is 0.475 e. The Morgan fingerprint density at radius 1 is 1.21 bits per heavy atom. The number of hydrogen-bond acceptors (Lipinski definition) is 9. The van der Waals surface area contributed by atoms with Crippen LogP contribution in [0.2, 0.25) is 0 Å². The van der Waals surface area contributed by atoms with Crippen molar-refractivity contribution in [2.75, 3.05) is 46.4 Å². The van der Waals surface area contributed by atoms with Crippen LogP contribution < -0.4 is 5.32 Å². The number of nitriles is 1. The molecule has 3 N–H and O–H groups in total. The molecule has 0 aromatic heterocycles. The first-order valence-corrected chi connectivity index (χ1v) is 13.6. The summed E-state index contributed by atoms with van der Waals surface area (Å²) in [6.45, 7) is 6.53. The van der Waals surface area contributed by atoms with Gasteiger partial charge in [-0.2, -0.15) is 5.26 Å². The Kier molecular flexibility index (Phi) is 10.8. The molecule has 0 spiro atoms. The van der Waals surface area contributed by atoms with Crippen molar-refractivity contribution in [2.45, 2.75) is 70.0 Å². The number of hydrogen-bond donors (Lipinski definition) is 3. The summed E-state index contributed by atoms with van der Waals surface area (Å²) in [6.07, 6.45) is 6.31. The normalized spacial score (nSPS) is 21.5. The van der Waals surface area contributed by atoms with Crippen molar-refractivity contribution in [3.05, 3.63) is 23.3 Å². The van der Waals surface area contributed by atoms with Crippen LogP contribution in [0.1, 0.15) is 52.4 Å². The summed E-state index contributed by atoms with van der Waals surface area (Å²) in [5, 5.41) is 31.8. The first-order chi connectivity index (χ1) is 18.5. The second kappa shape index (κ2) is 13.8. The lowest BCUT2D eigenvalue weighted by Crippen LogP contribution is -2.55. The Morgan fingerprint density at radius 3 is 2.51 bits per heavy atom. The van der Waals surface area contributed by atoms with Gasteiger partial charge in [-0.3, -0.25) is 9.69 Å². The lowest BCUT2D eigenvalue weighted by atomic mass is 9.76. The van der Waals surface area contributed by atoms with Crippen LogP contribution in [0.5, 0.6) is 0 Å². The first kappa shape index (κ1) is 30.5. The van der Waals surface area contributed by atoms with Crippen LogP contribution in [0.4, 0.5) is 9.59 Å². The average Bonchev–Trinajstić information content (AvgIpc) is 3.44. The molecule has 13 heteroatoms. The topological polar surface area (TPSA) is 156 Å². The molecule has 1 aliphatic carbocycles. The average molecular weight is 545 g/mol. The van der Waals surface area contributed by atoms with Gasteiger partial charge in [0, 0.05) is 38.3 Å². The highest BCUT2D eigenvalue weighted by Crippen LogP contribution is 2.24. The summed E-state index contributed by atoms with van der Waals surface area (Å²) in [7, 11) is -0.376. The smallest absolute Gasteiger partial charge is 0.453 e. The standard InChI is InChI=1S/C26H40BN5O7/c1-26(2,32-13-11-30(12-14-32)25(35)38-3)16-20(17-28)23(33)31-10-6-9-21(18-31)39-24(34)29-22(27(36)37)15-19-7-4-5-8-19/h7,16,21-22,36-37H,4-6,8-15,18H2,1-3H3,(H,29,34)/t21?,22-/m0/s1. The predicted molar refractivity (Wildman–Crippen MR) is 143 cm³/mol. The number of likely N-dealkylation sites (tertiary alicyclic amines) is 1. The third-order valence-electron chi connectivity index (χ3n) is 7.60. The molecule has 2 heterocycles. The minimum Gasteiger partial charge on any atom is -0.453 e. The van der Waals surface area contributed by atoms with Gasteiger partial charge in [-0.05, 0) is 58.4 Å². The third kappa shape index (κ3) is 8.45. The summed E-state index contributed by atoms with van der Waals surface area (Å²) in [5.41, 5.74) is 0.476. The number of carbonyl (C=O) groups excluding carboxylic acids is 3. The van der Waals surface area contributed by atoms with E-state index in [0.717, 1.165) is 24.8 Å². The monoisotopic (exact) mass is 545 g/mol. The summed E-state index contributed by atoms with van der Waals surface area (Å²) in [6, 6.07) is 2.04. The molecule has 39 heavy (non-hydrogen) atoms. The second-order valence-electron chi connectivity index (χ2n) is 10.8. The van der Waals surface area contributed by atoms with Gasteiger partial charge in [-0.1, -0.05) is 11.6 Å². The fourth-order valence-corrected chi connectivity index (χ4v) is 5.34. The molecule has 0 aromatic rings. The van der Waals surface area contributed by atoms with Crippen LogP contribution in [0.3, 0.4) is 0 Å². The zero-order valence-corrected chi connectivity index (χ0v) is 23.1. The van der Waals surface area contributed by atoms with Crippen molar-refractivity contribution < 1.29 is 33.9 Å². The largest absolute Gasteiger partial charge is 0.475 e. The molecule has 3 amide bonds. The van der Waals surface area contributed by atoms with Crippen molar-refractivity contribution in [2.24, 2.45) is 0 Å². The first-order valence-electron chi connectivity index (χ1n) is 13.6. The summed E-state index contributed by atoms with van der Waals surface area (Å²) < 4.78 is 10.3. The molecule has 0 saturated carbocycles. The molecule has 0 aromatic carbocycles. The number of rotatable bonds is 8. The molecule has 0 bridgehead atoms. The zero-order chi connectivity index (χ0) is 28.6. The van der Waals surface area contributed by atoms with Crippen molar-refractivity contribution in [1.82, 2.24) is 20.0 Å². The van der Waals surface area contributed by atoms with Crippen molar-refractivity contribution in [3.63, 3.8) is 0 Å². The van der Waals surface area contributed by atoms with Crippen LogP contribution in [0.15, 0.2) is 23.3 Å². The molecule has 2 atom stereocenters. The lowest BCUT2D eigenvalue weighted by molar-refractivity contribution is -0.129. The minimum atomic E-state index is -1.72. The van der Waals surface area contributed by atoms with Gasteiger partial charge in [0.15, 0.2) is 0 Å². The van der Waals surface area contributed by atoms with Crippen LogP contribution in [-0.2, 0) is 14.3 Å². The van der Waals surface area contributed by atoms with Crippen LogP contribution in [-0.4, -0.2) is 114 Å². The van der Waals surface area contributed by atoms with E-state index in [1.807, 2.05) is 19.9 Å². The molecule has 2 aliphatic heterocycles. The summed E-state index contributed by atoms with van der Waals surface area (Å²) in [4.78, 5) is 42.8. The van der Waals surface area contributed by atoms with Gasteiger partial charge in [0.25, 0.3) is 5.91 Å². The van der Waals surface area contributed by atoms with Crippen LogP contribution in [0, 0.1) is 11.3 Å². The fourth-order valence-electron chi connectivity index (χ4n) is 5.34. The van der Waals surface area contributed by atoms with Gasteiger partial charge in [0.2, 0.25) is 0 Å². The van der Waals surface area contributed by atoms with E-state index < -0.39 is 36.7 Å². The van der Waals surface area contributed by atoms with Crippen LogP contribution >= 0.6 is 0 Å². The van der Waals surface area contributed by atoms with Gasteiger partial charge >= 0.3 is 19.3 Å². The molecule has 3 aliphatic rings. The molecule has 1 unspecified atom stereocenters. The Hall–Kier alpha value is -3.08. The van der Waals surface area contributed by atoms with E-state index in [1.165, 1.54) is 12.0 Å². The van der Waals surface area contributed by atoms with Gasteiger partial charge < -0.3 is 34.6 Å². The Labute approximate surface area is 230 Å². The Balaban J connectivity index is 1.57. The van der Waals surface area contributed by atoms with Crippen molar-refractivity contribution in [3.8, 4) is 6.07 Å². The number of piperidine rings is 1. The second-order valence-corrected chi connectivity index (χ2v) is 10.8. The lowest BCUT2D eigenvalue weighted by Gasteiger charge is -2.42. The van der Waals surface area contributed by atoms with Gasteiger partial charge in [-0.25, -0.2) is 9.59 Å². The predicted octanol–water partition coefficient (Wildman–Crippen LogP) is 1.20. The SMILES string of the molecule is COC(=O)N1CCN(C(C)(C)C=C(C#N)C(=O)N2CCCC(OC(=O)N[C@@H](CC3=CCCC3)B(O)O)C2)CC1. The number of carbonyl (C=O) groups is 3. The highest BCUT2D eigenvalue weighted by molar-refractivity contribution is 6.43. The van der Waals surface area contributed by atoms with Gasteiger partial charge in [0.1, 0.15) is 17.7 Å². The van der Waals surface area contributed by atoms with Crippen molar-refractivity contribution >= 4 is 25.2 Å². The van der Waals surface area contributed by atoms with E-state index in [0.29, 0.717) is 52.0 Å². The number of alkyl carbamates (subject to hydrolysis) is 1. The number of ether oxygens (including phenoxy) is 2. The molecule has 2 saturated heterocycles. The molecule has 12 nitrogen and oxygen atoms in total. The minimum absolute atomic E-state index is 0.00815. The number of nitrogens with zero attached hydrogens (tertiary/aromatic N) is 4. The van der Waals surface area contributed by atoms with Gasteiger partial charge in [-0.15, -0.1) is 0 Å². The molecule has 3 rings (SSSR count). The quantitative estimate of drug-likeness (QED) is 0.177. The third-order valence-corrected chi connectivity index (χ3v) is 7.60. The van der Waals surface area contributed by atoms with E-state index in [1.54, 1.807) is 11.0 Å². The molecule has 2 fully saturated rings. The van der Waals surface area contributed by atoms with E-state index in [-0.39, 0.29) is 18.2 Å². The number of nitrogens with one attached hydrogen (secondary N) is 1. The number of methoxy groups -OCH3 is 1. The van der Waals surface area contributed by atoms with Crippen LogP contribution in [0.25, 0.3) is 0 Å². The molecular formula is C26H40BN5O7. The van der Waals surface area contributed by atoms with E-state index >= 15 is 0 Å². The van der Waals surface area contributed by atoms with E-state index in [2.05, 4.69) is 16.3 Å². The Bertz CT molecular complexity index is 1000. The maximum absolute atomic E-state index is 13.3. The zero-order valence-electron chi connectivity index (χ0n) is 23.1. The van der Waals surface area contributed by atoms with Crippen molar-refractivity contribution in [1.29, 1.82) is 5.26 Å². The molecule has 214 valence electrons. The number of allylic oxidation sites excluding steroid dienone is 1. The fraction of sp³-hybridized carbons (Fsp3) is 0.692. The Morgan fingerprint density at radius 2 is 1.92 bits per heavy atom. The molecular weight excluding hydrogens is 505 g/mol. The summed E-state index contributed by atoms with van der Waals surface area (Å²) >= 11 is 0. The highest BCUT2D eigenvalue weighted by atomic mass is 16.6. The van der Waals surface area contributed by atoms with E-state index in [9.17, 15) is 29.7 Å². The number of piperazine rings is 1. The number of amides is 3. The highest BCUT2D eigenvalue weighted by Gasteiger charge is 2.34. The summed E-state index contributed by atoms with van der Waals surface area (Å²) in [5.74, 6) is -1.31. The van der Waals surface area contributed by atoms with Gasteiger partial charge in [0.05, 0.1) is 19.6 Å². The maximum atomic E-state index is 13.3. The van der Waals surface area contributed by atoms with E-state index in [4.69, 9.17) is 9.47 Å².